The molecule has 0 saturated carbocycles. The fourth-order valence-electron chi connectivity index (χ4n) is 3.41. The highest BCUT2D eigenvalue weighted by Crippen LogP contribution is 2.30. The third-order valence-electron chi connectivity index (χ3n) is 5.08. The van der Waals surface area contributed by atoms with Crippen molar-refractivity contribution >= 4 is 11.7 Å². The van der Waals surface area contributed by atoms with Gasteiger partial charge >= 0.3 is 5.97 Å². The van der Waals surface area contributed by atoms with Crippen LogP contribution in [0.3, 0.4) is 0 Å². The Morgan fingerprint density at radius 2 is 1.80 bits per heavy atom. The van der Waals surface area contributed by atoms with Crippen molar-refractivity contribution in [3.05, 3.63) is 82.8 Å². The van der Waals surface area contributed by atoms with E-state index in [9.17, 15) is 9.90 Å². The number of hydrogen-bond acceptors (Lipinski definition) is 7. The van der Waals surface area contributed by atoms with Crippen LogP contribution in [0.1, 0.15) is 34.5 Å². The van der Waals surface area contributed by atoms with Crippen LogP contribution in [0.15, 0.2) is 66.1 Å². The zero-order valence-corrected chi connectivity index (χ0v) is 16.7. The minimum Gasteiger partial charge on any atom is -0.507 e. The van der Waals surface area contributed by atoms with Gasteiger partial charge in [-0.15, -0.1) is 0 Å². The number of rotatable bonds is 5. The first-order valence-corrected chi connectivity index (χ1v) is 9.50. The van der Waals surface area contributed by atoms with Crippen molar-refractivity contribution in [2.24, 2.45) is 17.2 Å². The number of carboxylic acid groups (broad SMARTS) is 1. The molecule has 158 valence electrons. The molecule has 2 aromatic rings. The maximum atomic E-state index is 11.1. The Balaban J connectivity index is 1.88. The van der Waals surface area contributed by atoms with E-state index < -0.39 is 5.97 Å². The molecule has 0 aliphatic carbocycles. The van der Waals surface area contributed by atoms with Crippen molar-refractivity contribution < 1.29 is 19.7 Å². The average molecular weight is 410 g/mol. The predicted octanol–water partition coefficient (Wildman–Crippen LogP) is 1.94. The van der Waals surface area contributed by atoms with Gasteiger partial charge < -0.3 is 37.1 Å². The molecule has 8 nitrogen and oxygen atoms in total. The number of allylic oxidation sites excluding steroid dienone is 1. The van der Waals surface area contributed by atoms with Crippen molar-refractivity contribution in [3.8, 4) is 5.75 Å². The minimum atomic E-state index is -0.979. The van der Waals surface area contributed by atoms with E-state index in [0.29, 0.717) is 30.1 Å². The Hall–Kier alpha value is -3.65. The summed E-state index contributed by atoms with van der Waals surface area (Å²) >= 11 is 0. The lowest BCUT2D eigenvalue weighted by atomic mass is 10.0. The van der Waals surface area contributed by atoms with Crippen LogP contribution in [-0.2, 0) is 4.74 Å². The van der Waals surface area contributed by atoms with Crippen LogP contribution in [-0.4, -0.2) is 40.3 Å². The zero-order chi connectivity index (χ0) is 21.8. The second-order valence-electron chi connectivity index (χ2n) is 7.21. The van der Waals surface area contributed by atoms with Crippen LogP contribution in [0.2, 0.25) is 0 Å². The Morgan fingerprint density at radius 3 is 2.40 bits per heavy atom. The maximum Gasteiger partial charge on any atom is 0.335 e. The second-order valence-corrected chi connectivity index (χ2v) is 7.21. The zero-order valence-electron chi connectivity index (χ0n) is 16.7. The molecule has 1 aliphatic rings. The molecule has 0 radical (unpaired) electrons. The number of para-hydroxylation sites is 1. The molecule has 0 amide bonds. The molecule has 1 aliphatic heterocycles. The fraction of sp³-hybridized carbons (Fsp3) is 0.227. The van der Waals surface area contributed by atoms with Crippen LogP contribution in [0.5, 0.6) is 5.75 Å². The van der Waals surface area contributed by atoms with E-state index in [1.807, 2.05) is 11.8 Å². The van der Waals surface area contributed by atoms with E-state index in [1.54, 1.807) is 54.6 Å². The monoisotopic (exact) mass is 410 g/mol. The van der Waals surface area contributed by atoms with Gasteiger partial charge in [-0.3, -0.25) is 0 Å². The Labute approximate surface area is 174 Å². The number of aromatic carboxylic acids is 1. The first-order chi connectivity index (χ1) is 14.3. The molecule has 2 aromatic carbocycles. The third-order valence-corrected chi connectivity index (χ3v) is 5.08. The Bertz CT molecular complexity index is 981. The Kier molecular flexibility index (Phi) is 6.17. The van der Waals surface area contributed by atoms with Crippen molar-refractivity contribution in [2.45, 2.75) is 19.1 Å². The standard InChI is InChI=1S/C22H26N4O4/c1-13-12-30-20(14-6-8-15(9-7-14)22(28)29)11-26(13)18(21(24)25)10-17(23)16-4-2-3-5-19(16)27/h2-10,13,20,27H,11-12,23-25H2,1H3,(H,28,29)/b17-10-. The lowest BCUT2D eigenvalue weighted by Crippen LogP contribution is -2.45. The fourth-order valence-corrected chi connectivity index (χ4v) is 3.41. The number of nitrogens with two attached hydrogens (primary N) is 3. The van der Waals surface area contributed by atoms with Crippen molar-refractivity contribution in [1.82, 2.24) is 4.90 Å². The topological polar surface area (TPSA) is 148 Å². The minimum absolute atomic E-state index is 0.0231. The Morgan fingerprint density at radius 1 is 1.13 bits per heavy atom. The summed E-state index contributed by atoms with van der Waals surface area (Å²) in [4.78, 5) is 13.1. The van der Waals surface area contributed by atoms with Gasteiger partial charge in [-0.25, -0.2) is 4.79 Å². The molecular formula is C22H26N4O4. The first-order valence-electron chi connectivity index (χ1n) is 9.50. The number of phenols is 1. The van der Waals surface area contributed by atoms with Gasteiger partial charge in [-0.05, 0) is 42.8 Å². The van der Waals surface area contributed by atoms with Crippen molar-refractivity contribution in [1.29, 1.82) is 0 Å². The molecule has 0 bridgehead atoms. The van der Waals surface area contributed by atoms with E-state index in [1.165, 1.54) is 0 Å². The van der Waals surface area contributed by atoms with Gasteiger partial charge in [0, 0.05) is 23.8 Å². The van der Waals surface area contributed by atoms with Gasteiger partial charge in [0.05, 0.1) is 17.9 Å². The number of nitrogens with zero attached hydrogens (tertiary/aromatic N) is 1. The van der Waals surface area contributed by atoms with Crippen molar-refractivity contribution in [2.75, 3.05) is 13.2 Å². The molecule has 2 unspecified atom stereocenters. The van der Waals surface area contributed by atoms with Crippen LogP contribution in [0, 0.1) is 0 Å². The third kappa shape index (κ3) is 4.49. The SMILES string of the molecule is CC1COC(c2ccc(C(=O)O)cc2)CN1C(/C=C(\N)c1ccccc1O)=C(N)N. The quantitative estimate of drug-likeness (QED) is 0.470. The van der Waals surface area contributed by atoms with Gasteiger partial charge in [-0.2, -0.15) is 0 Å². The molecule has 2 atom stereocenters. The van der Waals surface area contributed by atoms with E-state index in [0.717, 1.165) is 5.56 Å². The maximum absolute atomic E-state index is 11.1. The number of hydrogen-bond donors (Lipinski definition) is 5. The molecule has 8 N–H and O–H groups in total. The van der Waals surface area contributed by atoms with Crippen LogP contribution in [0.4, 0.5) is 0 Å². The molecule has 0 spiro atoms. The van der Waals surface area contributed by atoms with E-state index in [-0.39, 0.29) is 29.3 Å². The van der Waals surface area contributed by atoms with E-state index >= 15 is 0 Å². The van der Waals surface area contributed by atoms with Crippen molar-refractivity contribution in [3.63, 3.8) is 0 Å². The van der Waals surface area contributed by atoms with Gasteiger partial charge in [0.1, 0.15) is 17.7 Å². The number of benzene rings is 2. The molecule has 1 saturated heterocycles. The van der Waals surface area contributed by atoms with Gasteiger partial charge in [-0.1, -0.05) is 24.3 Å². The summed E-state index contributed by atoms with van der Waals surface area (Å²) in [5.41, 5.74) is 20.6. The summed E-state index contributed by atoms with van der Waals surface area (Å²) in [6.45, 7) is 2.86. The van der Waals surface area contributed by atoms with Gasteiger partial charge in [0.15, 0.2) is 0 Å². The normalized spacial score (nSPS) is 19.4. The summed E-state index contributed by atoms with van der Waals surface area (Å²) in [7, 11) is 0. The van der Waals surface area contributed by atoms with E-state index in [2.05, 4.69) is 0 Å². The van der Waals surface area contributed by atoms with Crippen LogP contribution < -0.4 is 17.2 Å². The molecule has 1 heterocycles. The highest BCUT2D eigenvalue weighted by molar-refractivity contribution is 5.87. The second kappa shape index (κ2) is 8.79. The number of morpholine rings is 1. The first kappa shape index (κ1) is 21.1. The molecular weight excluding hydrogens is 384 g/mol. The molecule has 3 rings (SSSR count). The number of phenolic OH excluding ortho intramolecular Hbond substituents is 1. The van der Waals surface area contributed by atoms with Crippen LogP contribution in [0.25, 0.3) is 5.70 Å². The largest absolute Gasteiger partial charge is 0.507 e. The molecule has 1 fully saturated rings. The molecule has 30 heavy (non-hydrogen) atoms. The summed E-state index contributed by atoms with van der Waals surface area (Å²) in [5, 5.41) is 19.2. The predicted molar refractivity (Wildman–Crippen MR) is 114 cm³/mol. The van der Waals surface area contributed by atoms with Gasteiger partial charge in [0.2, 0.25) is 0 Å². The summed E-state index contributed by atoms with van der Waals surface area (Å²) in [6.07, 6.45) is 1.36. The number of carboxylic acids is 1. The highest BCUT2D eigenvalue weighted by atomic mass is 16.5. The lowest BCUT2D eigenvalue weighted by Gasteiger charge is -2.40. The highest BCUT2D eigenvalue weighted by Gasteiger charge is 2.29. The smallest absolute Gasteiger partial charge is 0.335 e. The summed E-state index contributed by atoms with van der Waals surface area (Å²) in [6, 6.07) is 13.3. The summed E-state index contributed by atoms with van der Waals surface area (Å²) in [5.74, 6) is -0.818. The number of ether oxygens (including phenoxy) is 1. The molecule has 0 aromatic heterocycles. The number of aromatic hydroxyl groups is 1. The average Bonchev–Trinajstić information content (AvgIpc) is 2.72. The van der Waals surface area contributed by atoms with Crippen LogP contribution >= 0.6 is 0 Å². The van der Waals surface area contributed by atoms with Gasteiger partial charge in [0.25, 0.3) is 0 Å². The number of carbonyl (C=O) groups is 1. The van der Waals surface area contributed by atoms with E-state index in [4.69, 9.17) is 27.0 Å². The lowest BCUT2D eigenvalue weighted by molar-refractivity contribution is -0.0457. The molecule has 8 heteroatoms. The summed E-state index contributed by atoms with van der Waals surface area (Å²) < 4.78 is 5.96.